The zero-order chi connectivity index (χ0) is 14.8. The van der Waals surface area contributed by atoms with Gasteiger partial charge in [-0.25, -0.2) is 4.98 Å². The summed E-state index contributed by atoms with van der Waals surface area (Å²) < 4.78 is 5.57. The number of ether oxygens (including phenoxy) is 1. The summed E-state index contributed by atoms with van der Waals surface area (Å²) in [5, 5.41) is 3.10. The van der Waals surface area contributed by atoms with Gasteiger partial charge in [-0.2, -0.15) is 0 Å². The average Bonchev–Trinajstić information content (AvgIpc) is 2.50. The lowest BCUT2D eigenvalue weighted by molar-refractivity contribution is 0.0924. The smallest absolute Gasteiger partial charge is 0.254 e. The van der Waals surface area contributed by atoms with Gasteiger partial charge in [0.25, 0.3) is 5.91 Å². The SMILES string of the molecule is Nc1cnc(Cl)c(C(=O)NC2CCOc3ccccc32)c1. The summed E-state index contributed by atoms with van der Waals surface area (Å²) in [6.45, 7) is 0.560. The standard InChI is InChI=1S/C15H14ClN3O2/c16-14-11(7-9(17)8-18-14)15(20)19-12-5-6-21-13-4-2-1-3-10(12)13/h1-4,7-8,12H,5-6,17H2,(H,19,20). The quantitative estimate of drug-likeness (QED) is 0.836. The molecule has 6 heteroatoms. The molecule has 2 heterocycles. The minimum absolute atomic E-state index is 0.111. The van der Waals surface area contributed by atoms with E-state index in [0.717, 1.165) is 11.3 Å². The van der Waals surface area contributed by atoms with Crippen molar-refractivity contribution >= 4 is 23.2 Å². The van der Waals surface area contributed by atoms with E-state index in [4.69, 9.17) is 22.1 Å². The van der Waals surface area contributed by atoms with Crippen LogP contribution < -0.4 is 15.8 Å². The largest absolute Gasteiger partial charge is 0.493 e. The first-order chi connectivity index (χ1) is 10.1. The van der Waals surface area contributed by atoms with E-state index >= 15 is 0 Å². The lowest BCUT2D eigenvalue weighted by Crippen LogP contribution is -2.32. The monoisotopic (exact) mass is 303 g/mol. The molecule has 5 nitrogen and oxygen atoms in total. The van der Waals surface area contributed by atoms with Crippen molar-refractivity contribution in [2.24, 2.45) is 0 Å². The first-order valence-corrected chi connectivity index (χ1v) is 6.96. The number of nitrogen functional groups attached to an aromatic ring is 1. The number of carbonyl (C=O) groups is 1. The number of hydrogen-bond acceptors (Lipinski definition) is 4. The summed E-state index contributed by atoms with van der Waals surface area (Å²) in [5.41, 5.74) is 7.30. The molecule has 0 radical (unpaired) electrons. The van der Waals surface area contributed by atoms with E-state index < -0.39 is 0 Å². The van der Waals surface area contributed by atoms with Gasteiger partial charge in [-0.05, 0) is 12.1 Å². The molecule has 0 spiro atoms. The Hall–Kier alpha value is -2.27. The molecule has 0 bridgehead atoms. The van der Waals surface area contributed by atoms with Crippen LogP contribution >= 0.6 is 11.6 Å². The van der Waals surface area contributed by atoms with Crippen molar-refractivity contribution in [1.29, 1.82) is 0 Å². The third kappa shape index (κ3) is 2.78. The van der Waals surface area contributed by atoms with Gasteiger partial charge in [-0.3, -0.25) is 4.79 Å². The molecule has 0 saturated heterocycles. The second kappa shape index (κ2) is 5.61. The summed E-state index contributed by atoms with van der Waals surface area (Å²) in [7, 11) is 0. The van der Waals surface area contributed by atoms with E-state index in [1.54, 1.807) is 0 Å². The summed E-state index contributed by atoms with van der Waals surface area (Å²) in [4.78, 5) is 16.3. The number of hydrogen-bond donors (Lipinski definition) is 2. The summed E-state index contributed by atoms with van der Waals surface area (Å²) >= 11 is 5.96. The molecule has 1 aliphatic heterocycles. The van der Waals surface area contributed by atoms with Crippen LogP contribution in [0.15, 0.2) is 36.5 Å². The van der Waals surface area contributed by atoms with E-state index in [1.807, 2.05) is 24.3 Å². The predicted octanol–water partition coefficient (Wildman–Crippen LogP) is 2.57. The fourth-order valence-electron chi connectivity index (χ4n) is 2.35. The molecular formula is C15H14ClN3O2. The van der Waals surface area contributed by atoms with E-state index in [2.05, 4.69) is 10.3 Å². The summed E-state index contributed by atoms with van der Waals surface area (Å²) in [5.74, 6) is 0.507. The highest BCUT2D eigenvalue weighted by Gasteiger charge is 2.24. The first-order valence-electron chi connectivity index (χ1n) is 6.59. The molecule has 3 rings (SSSR count). The van der Waals surface area contributed by atoms with Crippen LogP contribution in [-0.4, -0.2) is 17.5 Å². The normalized spacial score (nSPS) is 16.7. The second-order valence-electron chi connectivity index (χ2n) is 4.81. The van der Waals surface area contributed by atoms with Gasteiger partial charge in [0.05, 0.1) is 30.1 Å². The number of para-hydroxylation sites is 1. The maximum Gasteiger partial charge on any atom is 0.254 e. The van der Waals surface area contributed by atoms with Gasteiger partial charge in [-0.1, -0.05) is 29.8 Å². The fourth-order valence-corrected chi connectivity index (χ4v) is 2.54. The number of nitrogens with two attached hydrogens (primary N) is 1. The number of pyridine rings is 1. The number of aromatic nitrogens is 1. The van der Waals surface area contributed by atoms with Gasteiger partial charge in [0.2, 0.25) is 0 Å². The Morgan fingerprint density at radius 3 is 3.10 bits per heavy atom. The van der Waals surface area contributed by atoms with Crippen LogP contribution in [0.2, 0.25) is 5.15 Å². The van der Waals surface area contributed by atoms with Crippen LogP contribution in [0.4, 0.5) is 5.69 Å². The fraction of sp³-hybridized carbons (Fsp3) is 0.200. The van der Waals surface area contributed by atoms with Crippen LogP contribution in [-0.2, 0) is 0 Å². The summed E-state index contributed by atoms with van der Waals surface area (Å²) in [6.07, 6.45) is 2.12. The van der Waals surface area contributed by atoms with E-state index in [0.29, 0.717) is 18.7 Å². The molecule has 1 amide bonds. The molecular weight excluding hydrogens is 290 g/mol. The Kier molecular flexibility index (Phi) is 3.66. The maximum atomic E-state index is 12.4. The number of halogens is 1. The van der Waals surface area contributed by atoms with E-state index in [9.17, 15) is 4.79 Å². The van der Waals surface area contributed by atoms with Crippen molar-refractivity contribution in [2.75, 3.05) is 12.3 Å². The predicted molar refractivity (Wildman–Crippen MR) is 80.4 cm³/mol. The topological polar surface area (TPSA) is 77.2 Å². The molecule has 1 aliphatic rings. The Morgan fingerprint density at radius 1 is 1.43 bits per heavy atom. The lowest BCUT2D eigenvalue weighted by Gasteiger charge is -2.26. The highest BCUT2D eigenvalue weighted by molar-refractivity contribution is 6.32. The Bertz CT molecular complexity index is 690. The molecule has 108 valence electrons. The Balaban J connectivity index is 1.84. The number of amides is 1. The molecule has 1 unspecified atom stereocenters. The molecule has 3 N–H and O–H groups in total. The number of nitrogens with one attached hydrogen (secondary N) is 1. The minimum Gasteiger partial charge on any atom is -0.493 e. The van der Waals surface area contributed by atoms with Crippen LogP contribution in [0.5, 0.6) is 5.75 Å². The number of fused-ring (bicyclic) bond motifs is 1. The van der Waals surface area contributed by atoms with Crippen molar-refractivity contribution in [3.8, 4) is 5.75 Å². The molecule has 1 aromatic carbocycles. The third-order valence-electron chi connectivity index (χ3n) is 3.37. The molecule has 2 aromatic rings. The van der Waals surface area contributed by atoms with Gasteiger partial charge in [0, 0.05) is 12.0 Å². The van der Waals surface area contributed by atoms with Gasteiger partial charge in [-0.15, -0.1) is 0 Å². The number of carbonyl (C=O) groups excluding carboxylic acids is 1. The zero-order valence-electron chi connectivity index (χ0n) is 11.2. The lowest BCUT2D eigenvalue weighted by atomic mass is 10.0. The number of benzene rings is 1. The number of rotatable bonds is 2. The van der Waals surface area contributed by atoms with Crippen molar-refractivity contribution < 1.29 is 9.53 Å². The van der Waals surface area contributed by atoms with Gasteiger partial charge >= 0.3 is 0 Å². The first kappa shape index (κ1) is 13.7. The Morgan fingerprint density at radius 2 is 2.24 bits per heavy atom. The second-order valence-corrected chi connectivity index (χ2v) is 5.17. The molecule has 21 heavy (non-hydrogen) atoms. The molecule has 0 saturated carbocycles. The minimum atomic E-state index is -0.290. The highest BCUT2D eigenvalue weighted by Crippen LogP contribution is 2.32. The number of anilines is 1. The molecule has 1 atom stereocenters. The van der Waals surface area contributed by atoms with E-state index in [-0.39, 0.29) is 22.7 Å². The third-order valence-corrected chi connectivity index (χ3v) is 3.67. The van der Waals surface area contributed by atoms with Crippen LogP contribution in [0, 0.1) is 0 Å². The molecule has 0 fully saturated rings. The van der Waals surface area contributed by atoms with Crippen molar-refractivity contribution in [1.82, 2.24) is 10.3 Å². The highest BCUT2D eigenvalue weighted by atomic mass is 35.5. The van der Waals surface area contributed by atoms with Crippen LogP contribution in [0.25, 0.3) is 0 Å². The van der Waals surface area contributed by atoms with Crippen molar-refractivity contribution in [3.05, 3.63) is 52.8 Å². The number of nitrogens with zero attached hydrogens (tertiary/aromatic N) is 1. The van der Waals surface area contributed by atoms with Crippen molar-refractivity contribution in [3.63, 3.8) is 0 Å². The van der Waals surface area contributed by atoms with E-state index in [1.165, 1.54) is 12.3 Å². The van der Waals surface area contributed by atoms with Gasteiger partial charge < -0.3 is 15.8 Å². The van der Waals surface area contributed by atoms with Crippen LogP contribution in [0.3, 0.4) is 0 Å². The van der Waals surface area contributed by atoms with Gasteiger partial charge in [0.15, 0.2) is 0 Å². The molecule has 0 aliphatic carbocycles. The maximum absolute atomic E-state index is 12.4. The Labute approximate surface area is 127 Å². The molecule has 1 aromatic heterocycles. The zero-order valence-corrected chi connectivity index (χ0v) is 11.9. The van der Waals surface area contributed by atoms with Gasteiger partial charge in [0.1, 0.15) is 10.9 Å². The summed E-state index contributed by atoms with van der Waals surface area (Å²) in [6, 6.07) is 9.07. The average molecular weight is 304 g/mol. The van der Waals surface area contributed by atoms with Crippen molar-refractivity contribution in [2.45, 2.75) is 12.5 Å². The van der Waals surface area contributed by atoms with Crippen LogP contribution in [0.1, 0.15) is 28.4 Å².